The summed E-state index contributed by atoms with van der Waals surface area (Å²) < 4.78 is 5.28. The van der Waals surface area contributed by atoms with E-state index in [2.05, 4.69) is 6.92 Å². The van der Waals surface area contributed by atoms with Gasteiger partial charge in [0.25, 0.3) is 0 Å². The van der Waals surface area contributed by atoms with Crippen LogP contribution in [0.15, 0.2) is 0 Å². The van der Waals surface area contributed by atoms with Crippen LogP contribution >= 0.6 is 11.6 Å². The van der Waals surface area contributed by atoms with Crippen LogP contribution in [0.5, 0.6) is 0 Å². The number of unbranched alkanes of at least 4 members (excludes halogenated alkanes) is 1. The molecule has 0 aliphatic heterocycles. The second-order valence-corrected chi connectivity index (χ2v) is 4.01. The highest BCUT2D eigenvalue weighted by molar-refractivity contribution is 6.29. The zero-order valence-electron chi connectivity index (χ0n) is 9.38. The number of ether oxygens (including phenoxy) is 1. The average molecular weight is 221 g/mol. The van der Waals surface area contributed by atoms with E-state index in [1.54, 1.807) is 0 Å². The minimum atomic E-state index is -0.481. The van der Waals surface area contributed by atoms with Gasteiger partial charge in [-0.15, -0.1) is 11.6 Å². The smallest absolute Gasteiger partial charge is 0.324 e. The molecule has 0 fully saturated rings. The van der Waals surface area contributed by atoms with E-state index in [0.29, 0.717) is 6.42 Å². The Hall–Kier alpha value is -0.240. The highest BCUT2D eigenvalue weighted by Crippen LogP contribution is 2.12. The van der Waals surface area contributed by atoms with Crippen molar-refractivity contribution in [2.24, 2.45) is 0 Å². The molecule has 0 bridgehead atoms. The third-order valence-corrected chi connectivity index (χ3v) is 2.72. The Morgan fingerprint density at radius 2 is 1.93 bits per heavy atom. The van der Waals surface area contributed by atoms with Crippen molar-refractivity contribution in [2.75, 3.05) is 0 Å². The van der Waals surface area contributed by atoms with Gasteiger partial charge in [0.15, 0.2) is 0 Å². The monoisotopic (exact) mass is 220 g/mol. The number of carbonyl (C=O) groups excluding carboxylic acids is 1. The molecule has 2 nitrogen and oxygen atoms in total. The summed E-state index contributed by atoms with van der Waals surface area (Å²) in [6, 6.07) is 0. The summed E-state index contributed by atoms with van der Waals surface area (Å²) in [4.78, 5) is 11.4. The number of hydrogen-bond donors (Lipinski definition) is 0. The van der Waals surface area contributed by atoms with Crippen LogP contribution < -0.4 is 0 Å². The van der Waals surface area contributed by atoms with Gasteiger partial charge in [-0.1, -0.05) is 33.6 Å². The van der Waals surface area contributed by atoms with Gasteiger partial charge in [-0.05, 0) is 19.3 Å². The Labute approximate surface area is 92.0 Å². The molecular weight excluding hydrogens is 200 g/mol. The van der Waals surface area contributed by atoms with Crippen molar-refractivity contribution in [3.63, 3.8) is 0 Å². The van der Waals surface area contributed by atoms with Gasteiger partial charge in [-0.3, -0.25) is 4.79 Å². The van der Waals surface area contributed by atoms with Gasteiger partial charge in [0.2, 0.25) is 0 Å². The Kier molecular flexibility index (Phi) is 7.96. The number of rotatable bonds is 7. The first-order valence-electron chi connectivity index (χ1n) is 5.50. The van der Waals surface area contributed by atoms with Crippen LogP contribution in [0.3, 0.4) is 0 Å². The second-order valence-electron chi connectivity index (χ2n) is 3.49. The predicted octanol–water partition coefficient (Wildman–Crippen LogP) is 3.52. The lowest BCUT2D eigenvalue weighted by Gasteiger charge is -2.17. The fourth-order valence-corrected chi connectivity index (χ4v) is 1.23. The molecule has 0 aromatic heterocycles. The molecule has 84 valence electrons. The van der Waals surface area contributed by atoms with Gasteiger partial charge in [0.05, 0.1) is 0 Å². The van der Waals surface area contributed by atoms with E-state index in [1.807, 2.05) is 13.8 Å². The molecule has 0 radical (unpaired) electrons. The van der Waals surface area contributed by atoms with Crippen LogP contribution in [0.2, 0.25) is 0 Å². The van der Waals surface area contributed by atoms with E-state index < -0.39 is 5.38 Å². The van der Waals surface area contributed by atoms with Crippen molar-refractivity contribution in [3.8, 4) is 0 Å². The maximum atomic E-state index is 11.4. The fourth-order valence-electron chi connectivity index (χ4n) is 1.18. The maximum Gasteiger partial charge on any atom is 0.324 e. The molecule has 0 aromatic carbocycles. The average Bonchev–Trinajstić information content (AvgIpc) is 2.22. The number of alkyl halides is 1. The Morgan fingerprint density at radius 3 is 2.36 bits per heavy atom. The van der Waals surface area contributed by atoms with Crippen LogP contribution in [-0.2, 0) is 9.53 Å². The molecule has 0 saturated carbocycles. The van der Waals surface area contributed by atoms with Gasteiger partial charge >= 0.3 is 5.97 Å². The lowest BCUT2D eigenvalue weighted by molar-refractivity contribution is -0.149. The van der Waals surface area contributed by atoms with Crippen LogP contribution in [-0.4, -0.2) is 17.5 Å². The van der Waals surface area contributed by atoms with Crippen LogP contribution in [0.1, 0.15) is 52.9 Å². The van der Waals surface area contributed by atoms with Gasteiger partial charge in [0, 0.05) is 0 Å². The quantitative estimate of drug-likeness (QED) is 0.485. The summed E-state index contributed by atoms with van der Waals surface area (Å²) in [6.45, 7) is 6.04. The van der Waals surface area contributed by atoms with E-state index >= 15 is 0 Å². The SMILES string of the molecule is CCCCC(CC)OC(=O)C(Cl)CC. The molecule has 2 atom stereocenters. The summed E-state index contributed by atoms with van der Waals surface area (Å²) >= 11 is 5.78. The molecule has 0 heterocycles. The van der Waals surface area contributed by atoms with Crippen LogP contribution in [0, 0.1) is 0 Å². The first-order valence-corrected chi connectivity index (χ1v) is 5.93. The predicted molar refractivity (Wildman–Crippen MR) is 59.6 cm³/mol. The second kappa shape index (κ2) is 8.10. The minimum Gasteiger partial charge on any atom is -0.461 e. The van der Waals surface area contributed by atoms with Crippen molar-refractivity contribution >= 4 is 17.6 Å². The van der Waals surface area contributed by atoms with Gasteiger partial charge in [-0.25, -0.2) is 0 Å². The van der Waals surface area contributed by atoms with Gasteiger partial charge < -0.3 is 4.74 Å². The first kappa shape index (κ1) is 13.8. The molecular formula is C11H21ClO2. The molecule has 0 amide bonds. The fraction of sp³-hybridized carbons (Fsp3) is 0.909. The molecule has 3 heteroatoms. The van der Waals surface area contributed by atoms with E-state index in [1.165, 1.54) is 0 Å². The normalized spacial score (nSPS) is 14.9. The van der Waals surface area contributed by atoms with E-state index in [0.717, 1.165) is 25.7 Å². The number of hydrogen-bond acceptors (Lipinski definition) is 2. The van der Waals surface area contributed by atoms with Crippen molar-refractivity contribution in [1.29, 1.82) is 0 Å². The number of halogens is 1. The molecule has 0 aliphatic carbocycles. The Bertz CT molecular complexity index is 159. The Balaban J connectivity index is 3.85. The number of esters is 1. The third-order valence-electron chi connectivity index (χ3n) is 2.23. The summed E-state index contributed by atoms with van der Waals surface area (Å²) in [7, 11) is 0. The van der Waals surface area contributed by atoms with E-state index in [-0.39, 0.29) is 12.1 Å². The largest absolute Gasteiger partial charge is 0.461 e. The molecule has 0 spiro atoms. The standard InChI is InChI=1S/C11H21ClO2/c1-4-7-8-9(5-2)14-11(13)10(12)6-3/h9-10H,4-8H2,1-3H3. The summed E-state index contributed by atoms with van der Waals surface area (Å²) in [6.07, 6.45) is 4.74. The van der Waals surface area contributed by atoms with Gasteiger partial charge in [0.1, 0.15) is 11.5 Å². The molecule has 2 unspecified atom stereocenters. The first-order chi connectivity index (χ1) is 6.65. The lowest BCUT2D eigenvalue weighted by atomic mass is 10.1. The van der Waals surface area contributed by atoms with Crippen LogP contribution in [0.25, 0.3) is 0 Å². The van der Waals surface area contributed by atoms with Crippen molar-refractivity contribution < 1.29 is 9.53 Å². The van der Waals surface area contributed by atoms with Crippen LogP contribution in [0.4, 0.5) is 0 Å². The van der Waals surface area contributed by atoms with Crippen molar-refractivity contribution in [2.45, 2.75) is 64.4 Å². The molecule has 14 heavy (non-hydrogen) atoms. The van der Waals surface area contributed by atoms with Crippen molar-refractivity contribution in [3.05, 3.63) is 0 Å². The number of carbonyl (C=O) groups is 1. The van der Waals surface area contributed by atoms with E-state index in [4.69, 9.17) is 16.3 Å². The molecule has 0 N–H and O–H groups in total. The van der Waals surface area contributed by atoms with Crippen molar-refractivity contribution in [1.82, 2.24) is 0 Å². The maximum absolute atomic E-state index is 11.4. The summed E-state index contributed by atoms with van der Waals surface area (Å²) in [5.41, 5.74) is 0. The molecule has 0 rings (SSSR count). The summed E-state index contributed by atoms with van der Waals surface area (Å²) in [5.74, 6) is -0.267. The summed E-state index contributed by atoms with van der Waals surface area (Å²) in [5, 5.41) is -0.481. The molecule has 0 aromatic rings. The highest BCUT2D eigenvalue weighted by Gasteiger charge is 2.18. The molecule has 0 aliphatic rings. The minimum absolute atomic E-state index is 0.0512. The highest BCUT2D eigenvalue weighted by atomic mass is 35.5. The Morgan fingerprint density at radius 1 is 1.29 bits per heavy atom. The van der Waals surface area contributed by atoms with Gasteiger partial charge in [-0.2, -0.15) is 0 Å². The third kappa shape index (κ3) is 5.48. The zero-order valence-corrected chi connectivity index (χ0v) is 10.1. The zero-order chi connectivity index (χ0) is 11.0. The lowest BCUT2D eigenvalue weighted by Crippen LogP contribution is -2.24. The molecule has 0 saturated heterocycles. The topological polar surface area (TPSA) is 26.3 Å². The van der Waals surface area contributed by atoms with E-state index in [9.17, 15) is 4.79 Å².